The second-order valence-corrected chi connectivity index (χ2v) is 6.72. The lowest BCUT2D eigenvalue weighted by Gasteiger charge is -2.21. The van der Waals surface area contributed by atoms with Crippen LogP contribution in [-0.2, 0) is 4.74 Å². The van der Waals surface area contributed by atoms with Crippen molar-refractivity contribution < 1.29 is 9.53 Å². The first kappa shape index (κ1) is 19.5. The summed E-state index contributed by atoms with van der Waals surface area (Å²) in [6, 6.07) is 6.82. The molecule has 0 aromatic heterocycles. The molecule has 25 heavy (non-hydrogen) atoms. The Morgan fingerprint density at radius 3 is 2.60 bits per heavy atom. The van der Waals surface area contributed by atoms with Crippen LogP contribution in [0.2, 0.25) is 5.02 Å². The maximum Gasteiger partial charge on any atom is 0.251 e. The average molecular weight is 367 g/mol. The number of guanidine groups is 1. The van der Waals surface area contributed by atoms with E-state index >= 15 is 0 Å². The van der Waals surface area contributed by atoms with Gasteiger partial charge in [-0.05, 0) is 51.0 Å². The van der Waals surface area contributed by atoms with Crippen LogP contribution in [0, 0.1) is 0 Å². The molecule has 1 aliphatic rings. The van der Waals surface area contributed by atoms with Crippen molar-refractivity contribution in [2.24, 2.45) is 4.99 Å². The Morgan fingerprint density at radius 2 is 1.96 bits per heavy atom. The minimum absolute atomic E-state index is 0.118. The summed E-state index contributed by atoms with van der Waals surface area (Å²) in [7, 11) is 0. The summed E-state index contributed by atoms with van der Waals surface area (Å²) in [5.41, 5.74) is 0.432. The first-order valence-corrected chi connectivity index (χ1v) is 9.10. The lowest BCUT2D eigenvalue weighted by atomic mass is 10.0. The summed E-state index contributed by atoms with van der Waals surface area (Å²) in [5, 5.41) is 9.92. The number of halogens is 1. The monoisotopic (exact) mass is 366 g/mol. The number of rotatable bonds is 7. The summed E-state index contributed by atoms with van der Waals surface area (Å²) in [6.45, 7) is 7.42. The van der Waals surface area contributed by atoms with Gasteiger partial charge < -0.3 is 20.7 Å². The number of aliphatic imine (C=N–C) groups is 1. The van der Waals surface area contributed by atoms with Gasteiger partial charge >= 0.3 is 0 Å². The molecule has 0 saturated carbocycles. The van der Waals surface area contributed by atoms with Crippen LogP contribution in [0.1, 0.15) is 37.0 Å². The number of ether oxygens (including phenoxy) is 1. The smallest absolute Gasteiger partial charge is 0.251 e. The van der Waals surface area contributed by atoms with E-state index in [9.17, 15) is 4.79 Å². The van der Waals surface area contributed by atoms with Crippen LogP contribution in [0.5, 0.6) is 0 Å². The zero-order chi connectivity index (χ0) is 18.1. The van der Waals surface area contributed by atoms with Gasteiger partial charge in [0.2, 0.25) is 0 Å². The molecule has 138 valence electrons. The van der Waals surface area contributed by atoms with E-state index in [1.54, 1.807) is 24.3 Å². The molecule has 0 bridgehead atoms. The standard InChI is InChI=1S/C18H27ClN4O2/c1-3-20-17(23-13-18(2)9-4-12-25-18)22-11-10-21-16(24)14-5-7-15(19)8-6-14/h5-8H,3-4,9-13H2,1-2H3,(H,21,24)(H2,20,22,23). The van der Waals surface area contributed by atoms with Gasteiger partial charge in [0, 0.05) is 36.8 Å². The maximum absolute atomic E-state index is 12.0. The molecule has 1 aliphatic heterocycles. The third-order valence-corrected chi connectivity index (χ3v) is 4.28. The molecule has 1 saturated heterocycles. The first-order chi connectivity index (χ1) is 12.0. The number of benzene rings is 1. The van der Waals surface area contributed by atoms with Gasteiger partial charge in [-0.2, -0.15) is 0 Å². The van der Waals surface area contributed by atoms with Crippen LogP contribution in [-0.4, -0.2) is 50.3 Å². The Kier molecular flexibility index (Phi) is 7.52. The van der Waals surface area contributed by atoms with Crippen molar-refractivity contribution in [2.75, 3.05) is 32.8 Å². The molecule has 1 unspecified atom stereocenters. The first-order valence-electron chi connectivity index (χ1n) is 8.72. The fourth-order valence-electron chi connectivity index (χ4n) is 2.61. The van der Waals surface area contributed by atoms with Crippen molar-refractivity contribution >= 4 is 23.5 Å². The number of amides is 1. The Hall–Kier alpha value is -1.79. The molecule has 0 spiro atoms. The second kappa shape index (κ2) is 9.63. The lowest BCUT2D eigenvalue weighted by molar-refractivity contribution is 0.0283. The number of hydrogen-bond donors (Lipinski definition) is 3. The van der Waals surface area contributed by atoms with Crippen molar-refractivity contribution in [3.05, 3.63) is 34.9 Å². The highest BCUT2D eigenvalue weighted by Gasteiger charge is 2.29. The molecular formula is C18H27ClN4O2. The highest BCUT2D eigenvalue weighted by atomic mass is 35.5. The van der Waals surface area contributed by atoms with E-state index in [4.69, 9.17) is 16.3 Å². The molecule has 7 heteroatoms. The molecule has 3 N–H and O–H groups in total. The molecule has 1 aromatic rings. The van der Waals surface area contributed by atoms with Crippen LogP contribution < -0.4 is 16.0 Å². The second-order valence-electron chi connectivity index (χ2n) is 6.29. The van der Waals surface area contributed by atoms with Gasteiger partial charge in [-0.3, -0.25) is 9.79 Å². The molecule has 1 heterocycles. The summed E-state index contributed by atoms with van der Waals surface area (Å²) in [6.07, 6.45) is 2.12. The Morgan fingerprint density at radius 1 is 1.24 bits per heavy atom. The molecule has 2 rings (SSSR count). The number of hydrogen-bond acceptors (Lipinski definition) is 3. The fraction of sp³-hybridized carbons (Fsp3) is 0.556. The average Bonchev–Trinajstić information content (AvgIpc) is 3.04. The summed E-state index contributed by atoms with van der Waals surface area (Å²) >= 11 is 5.82. The van der Waals surface area contributed by atoms with E-state index in [1.807, 2.05) is 6.92 Å². The number of carbonyl (C=O) groups excluding carboxylic acids is 1. The van der Waals surface area contributed by atoms with E-state index in [-0.39, 0.29) is 11.5 Å². The quantitative estimate of drug-likeness (QED) is 0.393. The lowest BCUT2D eigenvalue weighted by Crippen LogP contribution is -2.42. The van der Waals surface area contributed by atoms with Gasteiger partial charge in [0.15, 0.2) is 5.96 Å². The number of nitrogens with zero attached hydrogens (tertiary/aromatic N) is 1. The molecular weight excluding hydrogens is 340 g/mol. The fourth-order valence-corrected chi connectivity index (χ4v) is 2.74. The number of carbonyl (C=O) groups is 1. The van der Waals surface area contributed by atoms with Gasteiger partial charge in [0.05, 0.1) is 12.1 Å². The maximum atomic E-state index is 12.0. The van der Waals surface area contributed by atoms with Crippen molar-refractivity contribution in [1.29, 1.82) is 0 Å². The van der Waals surface area contributed by atoms with Gasteiger partial charge in [0.1, 0.15) is 0 Å². The topological polar surface area (TPSA) is 74.8 Å². The SMILES string of the molecule is CCNC(=NCC1(C)CCCO1)NCCNC(=O)c1ccc(Cl)cc1. The minimum atomic E-state index is -0.162. The van der Waals surface area contributed by atoms with Crippen LogP contribution >= 0.6 is 11.6 Å². The highest BCUT2D eigenvalue weighted by Crippen LogP contribution is 2.24. The van der Waals surface area contributed by atoms with E-state index in [0.717, 1.165) is 32.0 Å². The van der Waals surface area contributed by atoms with Gasteiger partial charge in [-0.25, -0.2) is 0 Å². The zero-order valence-electron chi connectivity index (χ0n) is 14.9. The summed E-state index contributed by atoms with van der Waals surface area (Å²) < 4.78 is 5.75. The third kappa shape index (κ3) is 6.55. The molecule has 1 atom stereocenters. The summed E-state index contributed by atoms with van der Waals surface area (Å²) in [5.74, 6) is 0.618. The molecule has 0 aliphatic carbocycles. The predicted octanol–water partition coefficient (Wildman–Crippen LogP) is 2.19. The normalized spacial score (nSPS) is 20.4. The van der Waals surface area contributed by atoms with Crippen molar-refractivity contribution in [3.63, 3.8) is 0 Å². The zero-order valence-corrected chi connectivity index (χ0v) is 15.7. The Bertz CT molecular complexity index is 583. The highest BCUT2D eigenvalue weighted by molar-refractivity contribution is 6.30. The summed E-state index contributed by atoms with van der Waals surface area (Å²) in [4.78, 5) is 16.6. The van der Waals surface area contributed by atoms with Crippen LogP contribution in [0.4, 0.5) is 0 Å². The molecule has 0 radical (unpaired) electrons. The number of nitrogens with one attached hydrogen (secondary N) is 3. The van der Waals surface area contributed by atoms with E-state index in [1.165, 1.54) is 0 Å². The molecule has 6 nitrogen and oxygen atoms in total. The van der Waals surface area contributed by atoms with E-state index in [0.29, 0.717) is 30.2 Å². The Balaban J connectivity index is 1.75. The van der Waals surface area contributed by atoms with Gasteiger partial charge in [-0.15, -0.1) is 0 Å². The molecule has 1 fully saturated rings. The van der Waals surface area contributed by atoms with Crippen LogP contribution in [0.3, 0.4) is 0 Å². The van der Waals surface area contributed by atoms with Crippen molar-refractivity contribution in [3.8, 4) is 0 Å². The molecule has 1 aromatic carbocycles. The van der Waals surface area contributed by atoms with E-state index < -0.39 is 0 Å². The van der Waals surface area contributed by atoms with Crippen molar-refractivity contribution in [2.45, 2.75) is 32.3 Å². The van der Waals surface area contributed by atoms with Gasteiger partial charge in [0.25, 0.3) is 5.91 Å². The van der Waals surface area contributed by atoms with Crippen LogP contribution in [0.15, 0.2) is 29.3 Å². The third-order valence-electron chi connectivity index (χ3n) is 4.03. The van der Waals surface area contributed by atoms with Crippen LogP contribution in [0.25, 0.3) is 0 Å². The predicted molar refractivity (Wildman–Crippen MR) is 101 cm³/mol. The molecule has 1 amide bonds. The minimum Gasteiger partial charge on any atom is -0.373 e. The van der Waals surface area contributed by atoms with E-state index in [2.05, 4.69) is 27.9 Å². The van der Waals surface area contributed by atoms with Gasteiger partial charge in [-0.1, -0.05) is 11.6 Å². The Labute approximate surface area is 154 Å². The van der Waals surface area contributed by atoms with Crippen molar-refractivity contribution in [1.82, 2.24) is 16.0 Å². The largest absolute Gasteiger partial charge is 0.373 e.